The molecule has 0 bridgehead atoms. The standard InChI is InChI=1S/C14H14N2O3/c1-9-15-12-5-4-10(7-13(12)19-9)14(18)16-6-2-3-11(17)8-16/h4-5,7H,2-3,6,8H2,1H3. The van der Waals surface area contributed by atoms with Crippen molar-refractivity contribution in [3.05, 3.63) is 29.7 Å². The van der Waals surface area contributed by atoms with Gasteiger partial charge in [-0.2, -0.15) is 0 Å². The Hall–Kier alpha value is -2.17. The maximum absolute atomic E-state index is 12.3. The molecule has 0 atom stereocenters. The number of benzene rings is 1. The number of hydrogen-bond donors (Lipinski definition) is 0. The number of hydrogen-bond acceptors (Lipinski definition) is 4. The Bertz CT molecular complexity index is 660. The Labute approximate surface area is 110 Å². The molecule has 0 spiro atoms. The molecule has 0 unspecified atom stereocenters. The second kappa shape index (κ2) is 4.50. The molecule has 1 aliphatic heterocycles. The molecule has 2 aromatic rings. The van der Waals surface area contributed by atoms with Gasteiger partial charge in [-0.1, -0.05) is 0 Å². The van der Waals surface area contributed by atoms with Gasteiger partial charge in [-0.3, -0.25) is 9.59 Å². The number of carbonyl (C=O) groups excluding carboxylic acids is 2. The zero-order chi connectivity index (χ0) is 13.4. The Kier molecular flexibility index (Phi) is 2.81. The quantitative estimate of drug-likeness (QED) is 0.784. The normalized spacial score (nSPS) is 16.1. The number of piperidine rings is 1. The van der Waals surface area contributed by atoms with Gasteiger partial charge in [0.1, 0.15) is 5.52 Å². The molecule has 0 aliphatic carbocycles. The van der Waals surface area contributed by atoms with Gasteiger partial charge in [0.25, 0.3) is 5.91 Å². The van der Waals surface area contributed by atoms with Crippen LogP contribution in [0.25, 0.3) is 11.1 Å². The highest BCUT2D eigenvalue weighted by atomic mass is 16.3. The van der Waals surface area contributed by atoms with Gasteiger partial charge >= 0.3 is 0 Å². The molecule has 0 radical (unpaired) electrons. The summed E-state index contributed by atoms with van der Waals surface area (Å²) in [5.74, 6) is 0.577. The van der Waals surface area contributed by atoms with Crippen LogP contribution in [0.2, 0.25) is 0 Å². The summed E-state index contributed by atoms with van der Waals surface area (Å²) in [6, 6.07) is 5.19. The maximum atomic E-state index is 12.3. The van der Waals surface area contributed by atoms with Crippen LogP contribution in [0.1, 0.15) is 29.1 Å². The smallest absolute Gasteiger partial charge is 0.254 e. The van der Waals surface area contributed by atoms with Gasteiger partial charge in [0.15, 0.2) is 17.3 Å². The first kappa shape index (κ1) is 11.9. The second-order valence-electron chi connectivity index (χ2n) is 4.78. The molecule has 2 heterocycles. The van der Waals surface area contributed by atoms with Crippen molar-refractivity contribution in [2.24, 2.45) is 0 Å². The first-order valence-corrected chi connectivity index (χ1v) is 6.31. The van der Waals surface area contributed by atoms with Crippen LogP contribution in [-0.4, -0.2) is 34.7 Å². The monoisotopic (exact) mass is 258 g/mol. The number of oxazole rings is 1. The highest BCUT2D eigenvalue weighted by Crippen LogP contribution is 2.19. The number of nitrogens with zero attached hydrogens (tertiary/aromatic N) is 2. The summed E-state index contributed by atoms with van der Waals surface area (Å²) in [6.07, 6.45) is 1.32. The van der Waals surface area contributed by atoms with Crippen molar-refractivity contribution in [3.63, 3.8) is 0 Å². The van der Waals surface area contributed by atoms with E-state index in [1.54, 1.807) is 30.0 Å². The predicted molar refractivity (Wildman–Crippen MR) is 68.9 cm³/mol. The van der Waals surface area contributed by atoms with E-state index in [4.69, 9.17) is 4.42 Å². The van der Waals surface area contributed by atoms with E-state index in [-0.39, 0.29) is 18.2 Å². The van der Waals surface area contributed by atoms with E-state index in [2.05, 4.69) is 4.98 Å². The van der Waals surface area contributed by atoms with Crippen LogP contribution >= 0.6 is 0 Å². The number of rotatable bonds is 1. The van der Waals surface area contributed by atoms with Crippen molar-refractivity contribution < 1.29 is 14.0 Å². The first-order chi connectivity index (χ1) is 9.13. The largest absolute Gasteiger partial charge is 0.441 e. The third-order valence-corrected chi connectivity index (χ3v) is 3.28. The summed E-state index contributed by atoms with van der Waals surface area (Å²) in [6.45, 7) is 2.62. The van der Waals surface area contributed by atoms with Gasteiger partial charge < -0.3 is 9.32 Å². The lowest BCUT2D eigenvalue weighted by Gasteiger charge is -2.25. The molecule has 5 nitrogen and oxygen atoms in total. The summed E-state index contributed by atoms with van der Waals surface area (Å²) in [5, 5.41) is 0. The van der Waals surface area contributed by atoms with Crippen LogP contribution in [0.15, 0.2) is 22.6 Å². The van der Waals surface area contributed by atoms with Gasteiger partial charge in [-0.15, -0.1) is 0 Å². The highest BCUT2D eigenvalue weighted by Gasteiger charge is 2.23. The number of amides is 1. The topological polar surface area (TPSA) is 63.4 Å². The van der Waals surface area contributed by atoms with Gasteiger partial charge in [-0.05, 0) is 24.6 Å². The van der Waals surface area contributed by atoms with Crippen LogP contribution in [0.3, 0.4) is 0 Å². The second-order valence-corrected chi connectivity index (χ2v) is 4.78. The molecular formula is C14H14N2O3. The summed E-state index contributed by atoms with van der Waals surface area (Å²) in [4.78, 5) is 29.5. The minimum absolute atomic E-state index is 0.121. The van der Waals surface area contributed by atoms with E-state index >= 15 is 0 Å². The minimum Gasteiger partial charge on any atom is -0.441 e. The van der Waals surface area contributed by atoms with E-state index < -0.39 is 0 Å². The predicted octanol–water partition coefficient (Wildman–Crippen LogP) is 1.94. The third-order valence-electron chi connectivity index (χ3n) is 3.28. The number of aromatic nitrogens is 1. The number of aryl methyl sites for hydroxylation is 1. The Morgan fingerprint density at radius 1 is 1.42 bits per heavy atom. The van der Waals surface area contributed by atoms with Crippen LogP contribution in [0.5, 0.6) is 0 Å². The molecule has 1 fully saturated rings. The van der Waals surface area contributed by atoms with Crippen molar-refractivity contribution in [2.75, 3.05) is 13.1 Å². The van der Waals surface area contributed by atoms with Crippen molar-refractivity contribution >= 4 is 22.8 Å². The fourth-order valence-corrected chi connectivity index (χ4v) is 2.37. The number of likely N-dealkylation sites (tertiary alicyclic amines) is 1. The molecule has 1 aromatic heterocycles. The van der Waals surface area contributed by atoms with Gasteiger partial charge in [0, 0.05) is 25.5 Å². The molecule has 1 amide bonds. The van der Waals surface area contributed by atoms with E-state index in [1.807, 2.05) is 0 Å². The number of fused-ring (bicyclic) bond motifs is 1. The van der Waals surface area contributed by atoms with Crippen molar-refractivity contribution in [2.45, 2.75) is 19.8 Å². The SMILES string of the molecule is Cc1nc2ccc(C(=O)N3CCCC(=O)C3)cc2o1. The molecule has 98 valence electrons. The first-order valence-electron chi connectivity index (χ1n) is 6.31. The van der Waals surface area contributed by atoms with E-state index in [1.165, 1.54) is 0 Å². The Balaban J connectivity index is 1.90. The lowest BCUT2D eigenvalue weighted by atomic mass is 10.1. The lowest BCUT2D eigenvalue weighted by molar-refractivity contribution is -0.121. The number of carbonyl (C=O) groups is 2. The number of Topliss-reactive ketones (excluding diaryl/α,β-unsaturated/α-hetero) is 1. The summed E-state index contributed by atoms with van der Waals surface area (Å²) in [7, 11) is 0. The van der Waals surface area contributed by atoms with Crippen LogP contribution < -0.4 is 0 Å². The Morgan fingerprint density at radius 3 is 3.05 bits per heavy atom. The molecule has 1 aliphatic rings. The summed E-state index contributed by atoms with van der Waals surface area (Å²) < 4.78 is 5.42. The van der Waals surface area contributed by atoms with Gasteiger partial charge in [0.2, 0.25) is 0 Å². The fourth-order valence-electron chi connectivity index (χ4n) is 2.37. The molecule has 0 N–H and O–H groups in total. The highest BCUT2D eigenvalue weighted by molar-refractivity contribution is 5.99. The van der Waals surface area contributed by atoms with Crippen LogP contribution in [-0.2, 0) is 4.79 Å². The van der Waals surface area contributed by atoms with E-state index in [9.17, 15) is 9.59 Å². The molecule has 0 saturated carbocycles. The van der Waals surface area contributed by atoms with Crippen molar-refractivity contribution in [1.29, 1.82) is 0 Å². The summed E-state index contributed by atoms with van der Waals surface area (Å²) in [5.41, 5.74) is 1.88. The maximum Gasteiger partial charge on any atom is 0.254 e. The van der Waals surface area contributed by atoms with Gasteiger partial charge in [0.05, 0.1) is 6.54 Å². The third kappa shape index (κ3) is 2.23. The van der Waals surface area contributed by atoms with Crippen molar-refractivity contribution in [3.8, 4) is 0 Å². The summed E-state index contributed by atoms with van der Waals surface area (Å²) >= 11 is 0. The average molecular weight is 258 g/mol. The van der Waals surface area contributed by atoms with E-state index in [0.717, 1.165) is 11.9 Å². The average Bonchev–Trinajstić information content (AvgIpc) is 2.76. The Morgan fingerprint density at radius 2 is 2.26 bits per heavy atom. The molecule has 19 heavy (non-hydrogen) atoms. The molecule has 5 heteroatoms. The van der Waals surface area contributed by atoms with Crippen molar-refractivity contribution in [1.82, 2.24) is 9.88 Å². The lowest BCUT2D eigenvalue weighted by Crippen LogP contribution is -2.40. The molecular weight excluding hydrogens is 244 g/mol. The van der Waals surface area contributed by atoms with Gasteiger partial charge in [-0.25, -0.2) is 4.98 Å². The molecule has 1 saturated heterocycles. The molecule has 3 rings (SSSR count). The van der Waals surface area contributed by atoms with Crippen LogP contribution in [0.4, 0.5) is 0 Å². The molecule has 1 aromatic carbocycles. The van der Waals surface area contributed by atoms with Crippen LogP contribution in [0, 0.1) is 6.92 Å². The minimum atomic E-state index is -0.121. The fraction of sp³-hybridized carbons (Fsp3) is 0.357. The zero-order valence-electron chi connectivity index (χ0n) is 10.7. The number of ketones is 1. The zero-order valence-corrected chi connectivity index (χ0v) is 10.7. The van der Waals surface area contributed by atoms with E-state index in [0.29, 0.717) is 30.0 Å².